The molecule has 0 spiro atoms. The van der Waals surface area contributed by atoms with Crippen molar-refractivity contribution in [1.29, 1.82) is 0 Å². The number of nitrogens with one attached hydrogen (secondary N) is 1. The monoisotopic (exact) mass is 381 g/mol. The van der Waals surface area contributed by atoms with Crippen LogP contribution in [0.2, 0.25) is 0 Å². The molecular formula is C20H22F3NO3. The molecule has 146 valence electrons. The molecule has 4 nitrogen and oxygen atoms in total. The van der Waals surface area contributed by atoms with Gasteiger partial charge in [0.2, 0.25) is 0 Å². The van der Waals surface area contributed by atoms with Gasteiger partial charge in [0.25, 0.3) is 5.91 Å². The summed E-state index contributed by atoms with van der Waals surface area (Å²) in [4.78, 5) is 12.4. The second kappa shape index (κ2) is 9.30. The first-order valence-electron chi connectivity index (χ1n) is 8.73. The van der Waals surface area contributed by atoms with Crippen molar-refractivity contribution < 1.29 is 27.4 Å². The molecule has 0 aromatic heterocycles. The van der Waals surface area contributed by atoms with E-state index in [9.17, 15) is 18.0 Å². The molecule has 0 fully saturated rings. The molecule has 2 aromatic carbocycles. The summed E-state index contributed by atoms with van der Waals surface area (Å²) in [5.41, 5.74) is -0.496. The fourth-order valence-corrected chi connectivity index (χ4v) is 2.34. The molecule has 2 rings (SSSR count). The Labute approximate surface area is 156 Å². The predicted octanol–water partition coefficient (Wildman–Crippen LogP) is 5.54. The highest BCUT2D eigenvalue weighted by Crippen LogP contribution is 2.31. The number of hydrogen-bond acceptors (Lipinski definition) is 3. The summed E-state index contributed by atoms with van der Waals surface area (Å²) >= 11 is 0. The molecule has 1 N–H and O–H groups in total. The zero-order valence-electron chi connectivity index (χ0n) is 15.2. The molecule has 2 aromatic rings. The van der Waals surface area contributed by atoms with Crippen molar-refractivity contribution in [3.8, 4) is 11.5 Å². The van der Waals surface area contributed by atoms with Crippen LogP contribution in [0.5, 0.6) is 11.5 Å². The average Bonchev–Trinajstić information content (AvgIpc) is 2.63. The van der Waals surface area contributed by atoms with E-state index in [2.05, 4.69) is 5.32 Å². The molecule has 0 atom stereocenters. The predicted molar refractivity (Wildman–Crippen MR) is 97.4 cm³/mol. The van der Waals surface area contributed by atoms with Gasteiger partial charge in [0.1, 0.15) is 0 Å². The van der Waals surface area contributed by atoms with E-state index in [4.69, 9.17) is 9.47 Å². The highest BCUT2D eigenvalue weighted by atomic mass is 19.4. The lowest BCUT2D eigenvalue weighted by Gasteiger charge is -2.14. The molecule has 0 radical (unpaired) electrons. The molecule has 0 aliphatic rings. The number of alkyl halides is 3. The number of benzene rings is 2. The number of unbranched alkanes of at least 4 members (excludes halogenated alkanes) is 1. The third kappa shape index (κ3) is 5.91. The molecule has 0 aliphatic carbocycles. The summed E-state index contributed by atoms with van der Waals surface area (Å²) in [6.45, 7) is 4.79. The van der Waals surface area contributed by atoms with E-state index in [1.54, 1.807) is 12.1 Å². The van der Waals surface area contributed by atoms with Crippen molar-refractivity contribution in [2.45, 2.75) is 32.9 Å². The van der Waals surface area contributed by atoms with Gasteiger partial charge >= 0.3 is 6.18 Å². The van der Waals surface area contributed by atoms with Crippen LogP contribution in [-0.4, -0.2) is 19.1 Å². The third-order valence-electron chi connectivity index (χ3n) is 3.71. The molecule has 0 aliphatic heterocycles. The van der Waals surface area contributed by atoms with Gasteiger partial charge in [-0.15, -0.1) is 0 Å². The van der Waals surface area contributed by atoms with Crippen LogP contribution < -0.4 is 14.8 Å². The summed E-state index contributed by atoms with van der Waals surface area (Å²) in [6.07, 6.45) is -2.59. The number of anilines is 1. The van der Waals surface area contributed by atoms with Gasteiger partial charge in [0.15, 0.2) is 11.5 Å². The van der Waals surface area contributed by atoms with Crippen LogP contribution in [0.25, 0.3) is 0 Å². The Kier molecular flexibility index (Phi) is 7.10. The van der Waals surface area contributed by atoms with E-state index in [1.165, 1.54) is 18.2 Å². The van der Waals surface area contributed by atoms with Crippen molar-refractivity contribution in [3.63, 3.8) is 0 Å². The van der Waals surface area contributed by atoms with Crippen LogP contribution in [0.1, 0.15) is 42.6 Å². The molecule has 0 bridgehead atoms. The van der Waals surface area contributed by atoms with E-state index in [0.29, 0.717) is 24.7 Å². The highest BCUT2D eigenvalue weighted by Gasteiger charge is 2.30. The second-order valence-electron chi connectivity index (χ2n) is 5.83. The Hall–Kier alpha value is -2.70. The van der Waals surface area contributed by atoms with Crippen molar-refractivity contribution in [1.82, 2.24) is 0 Å². The molecule has 7 heteroatoms. The number of carbonyl (C=O) groups is 1. The summed E-state index contributed by atoms with van der Waals surface area (Å²) < 4.78 is 49.6. The van der Waals surface area contributed by atoms with Crippen molar-refractivity contribution in [3.05, 3.63) is 53.6 Å². The number of hydrogen-bond donors (Lipinski definition) is 1. The van der Waals surface area contributed by atoms with Gasteiger partial charge in [-0.3, -0.25) is 4.79 Å². The fraction of sp³-hybridized carbons (Fsp3) is 0.350. The highest BCUT2D eigenvalue weighted by molar-refractivity contribution is 6.04. The van der Waals surface area contributed by atoms with Crippen LogP contribution in [-0.2, 0) is 6.18 Å². The van der Waals surface area contributed by atoms with Gasteiger partial charge in [-0.25, -0.2) is 0 Å². The lowest BCUT2D eigenvalue weighted by atomic mass is 10.1. The minimum Gasteiger partial charge on any atom is -0.490 e. The lowest BCUT2D eigenvalue weighted by molar-refractivity contribution is -0.137. The fourth-order valence-electron chi connectivity index (χ4n) is 2.34. The zero-order chi connectivity index (χ0) is 19.9. The number of ether oxygens (including phenoxy) is 2. The van der Waals surface area contributed by atoms with Gasteiger partial charge in [0, 0.05) is 11.3 Å². The van der Waals surface area contributed by atoms with Crippen LogP contribution in [0, 0.1) is 0 Å². The third-order valence-corrected chi connectivity index (χ3v) is 3.71. The van der Waals surface area contributed by atoms with Crippen molar-refractivity contribution in [2.24, 2.45) is 0 Å². The molecule has 0 unspecified atom stereocenters. The Balaban J connectivity index is 2.17. The first kappa shape index (κ1) is 20.6. The molecule has 0 saturated carbocycles. The maximum absolute atomic E-state index is 12.8. The summed E-state index contributed by atoms with van der Waals surface area (Å²) in [7, 11) is 0. The minimum atomic E-state index is -4.47. The molecular weight excluding hydrogens is 359 g/mol. The summed E-state index contributed by atoms with van der Waals surface area (Å²) in [5, 5.41) is 2.48. The Bertz CT molecular complexity index is 775. The first-order valence-corrected chi connectivity index (χ1v) is 8.73. The minimum absolute atomic E-state index is 0.0658. The van der Waals surface area contributed by atoms with Crippen LogP contribution in [0.4, 0.5) is 18.9 Å². The smallest absolute Gasteiger partial charge is 0.416 e. The quantitative estimate of drug-likeness (QED) is 0.611. The Morgan fingerprint density at radius 2 is 1.81 bits per heavy atom. The number of amides is 1. The van der Waals surface area contributed by atoms with Crippen molar-refractivity contribution >= 4 is 11.6 Å². The van der Waals surface area contributed by atoms with Crippen LogP contribution in [0.15, 0.2) is 42.5 Å². The number of carbonyl (C=O) groups excluding carboxylic acids is 1. The topological polar surface area (TPSA) is 47.6 Å². The van der Waals surface area contributed by atoms with Gasteiger partial charge in [-0.1, -0.05) is 19.4 Å². The normalized spacial score (nSPS) is 11.1. The lowest BCUT2D eigenvalue weighted by Crippen LogP contribution is -2.13. The second-order valence-corrected chi connectivity index (χ2v) is 5.83. The van der Waals surface area contributed by atoms with Gasteiger partial charge < -0.3 is 14.8 Å². The van der Waals surface area contributed by atoms with Gasteiger partial charge in [-0.2, -0.15) is 13.2 Å². The maximum atomic E-state index is 12.8. The van der Waals surface area contributed by atoms with Gasteiger partial charge in [-0.05, 0) is 49.7 Å². The molecule has 0 heterocycles. The van der Waals surface area contributed by atoms with E-state index in [-0.39, 0.29) is 11.3 Å². The zero-order valence-corrected chi connectivity index (χ0v) is 15.2. The van der Waals surface area contributed by atoms with Crippen LogP contribution in [0.3, 0.4) is 0 Å². The first-order chi connectivity index (χ1) is 12.8. The van der Waals surface area contributed by atoms with E-state index >= 15 is 0 Å². The largest absolute Gasteiger partial charge is 0.490 e. The Morgan fingerprint density at radius 1 is 1.04 bits per heavy atom. The summed E-state index contributed by atoms with van der Waals surface area (Å²) in [5.74, 6) is 0.418. The standard InChI is InChI=1S/C20H22F3NO3/c1-3-5-11-27-17-10-9-14(12-18(17)26-4-2)19(25)24-16-8-6-7-15(13-16)20(21,22)23/h6-10,12-13H,3-5,11H2,1-2H3,(H,24,25). The molecule has 0 saturated heterocycles. The van der Waals surface area contributed by atoms with Crippen molar-refractivity contribution in [2.75, 3.05) is 18.5 Å². The number of halogens is 3. The summed E-state index contributed by atoms with van der Waals surface area (Å²) in [6, 6.07) is 9.19. The van der Waals surface area contributed by atoms with E-state index < -0.39 is 17.6 Å². The SMILES string of the molecule is CCCCOc1ccc(C(=O)Nc2cccc(C(F)(F)F)c2)cc1OCC. The van der Waals surface area contributed by atoms with E-state index in [0.717, 1.165) is 25.0 Å². The maximum Gasteiger partial charge on any atom is 0.416 e. The van der Waals surface area contributed by atoms with Crippen LogP contribution >= 0.6 is 0 Å². The molecule has 1 amide bonds. The number of rotatable bonds is 8. The molecule has 27 heavy (non-hydrogen) atoms. The Morgan fingerprint density at radius 3 is 2.48 bits per heavy atom. The van der Waals surface area contributed by atoms with E-state index in [1.807, 2.05) is 13.8 Å². The van der Waals surface area contributed by atoms with Gasteiger partial charge in [0.05, 0.1) is 18.8 Å². The average molecular weight is 381 g/mol.